The van der Waals surface area contributed by atoms with Crippen LogP contribution in [0.5, 0.6) is 5.75 Å². The lowest BCUT2D eigenvalue weighted by Crippen LogP contribution is -2.54. The van der Waals surface area contributed by atoms with Crippen molar-refractivity contribution in [3.8, 4) is 5.75 Å². The molecule has 0 unspecified atom stereocenters. The van der Waals surface area contributed by atoms with Gasteiger partial charge in [-0.1, -0.05) is 60.1 Å². The van der Waals surface area contributed by atoms with Gasteiger partial charge in [0.15, 0.2) is 0 Å². The molecule has 4 rings (SSSR count). The Hall–Kier alpha value is -3.18. The van der Waals surface area contributed by atoms with Gasteiger partial charge in [-0.15, -0.1) is 0 Å². The Morgan fingerprint density at radius 1 is 0.938 bits per heavy atom. The second-order valence-electron chi connectivity index (χ2n) is 7.56. The zero-order valence-corrected chi connectivity index (χ0v) is 18.7. The predicted octanol–water partition coefficient (Wildman–Crippen LogP) is 4.84. The summed E-state index contributed by atoms with van der Waals surface area (Å²) in [5.74, 6) is 0.820. The predicted molar refractivity (Wildman–Crippen MR) is 132 cm³/mol. The van der Waals surface area contributed by atoms with E-state index in [-0.39, 0.29) is 0 Å². The molecule has 3 aromatic carbocycles. The van der Waals surface area contributed by atoms with E-state index >= 15 is 0 Å². The van der Waals surface area contributed by atoms with Gasteiger partial charge in [-0.2, -0.15) is 0 Å². The minimum absolute atomic E-state index is 0.433. The average Bonchev–Trinajstić information content (AvgIpc) is 2.84. The van der Waals surface area contributed by atoms with Crippen molar-refractivity contribution in [1.82, 2.24) is 10.3 Å². The number of fused-ring (bicyclic) bond motifs is 1. The third-order valence-electron chi connectivity index (χ3n) is 5.15. The molecule has 0 atom stereocenters. The quantitative estimate of drug-likeness (QED) is 0.287. The van der Waals surface area contributed by atoms with Gasteiger partial charge >= 0.3 is 0 Å². The van der Waals surface area contributed by atoms with E-state index in [9.17, 15) is 0 Å². The molecule has 1 aromatic heterocycles. The van der Waals surface area contributed by atoms with Gasteiger partial charge in [0.25, 0.3) is 0 Å². The molecule has 0 saturated heterocycles. The highest BCUT2D eigenvalue weighted by Gasteiger charge is 2.05. The summed E-state index contributed by atoms with van der Waals surface area (Å²) in [7, 11) is 0. The monoisotopic (exact) mass is 444 g/mol. The summed E-state index contributed by atoms with van der Waals surface area (Å²) in [5.41, 5.74) is 9.26. The van der Waals surface area contributed by atoms with Gasteiger partial charge in [-0.05, 0) is 59.2 Å². The lowest BCUT2D eigenvalue weighted by Gasteiger charge is -2.11. The van der Waals surface area contributed by atoms with Crippen molar-refractivity contribution < 1.29 is 10.5 Å². The van der Waals surface area contributed by atoms with Gasteiger partial charge < -0.3 is 15.8 Å². The maximum absolute atomic E-state index is 6.03. The molecule has 0 aliphatic heterocycles. The molecule has 4 nitrogen and oxygen atoms in total. The Kier molecular flexibility index (Phi) is 7.51. The topological polar surface area (TPSA) is 61.8 Å². The number of ether oxygens (including phenoxy) is 1. The second-order valence-corrected chi connectivity index (χ2v) is 8.00. The zero-order valence-electron chi connectivity index (χ0n) is 17.9. The molecule has 32 heavy (non-hydrogen) atoms. The number of hydrogen-bond acceptors (Lipinski definition) is 3. The number of halogens is 1. The molecule has 1 heterocycles. The molecular formula is C27H27ClN3O+. The molecule has 0 saturated carbocycles. The SMILES string of the molecule is [NH3+]CCNC/C(=C/c1ccc(Cl)cc1)c1ccc(OCc2ccc3ccccc3n2)cc1. The highest BCUT2D eigenvalue weighted by atomic mass is 35.5. The molecule has 0 aliphatic carbocycles. The maximum atomic E-state index is 6.03. The highest BCUT2D eigenvalue weighted by Crippen LogP contribution is 2.22. The highest BCUT2D eigenvalue weighted by molar-refractivity contribution is 6.30. The van der Waals surface area contributed by atoms with Crippen molar-refractivity contribution >= 4 is 34.2 Å². The van der Waals surface area contributed by atoms with Crippen LogP contribution in [0.25, 0.3) is 22.6 Å². The van der Waals surface area contributed by atoms with E-state index in [1.54, 1.807) is 0 Å². The summed E-state index contributed by atoms with van der Waals surface area (Å²) in [4.78, 5) is 4.67. The van der Waals surface area contributed by atoms with Crippen LogP contribution in [0.4, 0.5) is 0 Å². The fourth-order valence-corrected chi connectivity index (χ4v) is 3.58. The summed E-state index contributed by atoms with van der Waals surface area (Å²) in [6.07, 6.45) is 2.18. The first-order valence-corrected chi connectivity index (χ1v) is 11.1. The lowest BCUT2D eigenvalue weighted by molar-refractivity contribution is -0.365. The van der Waals surface area contributed by atoms with Gasteiger partial charge in [0.05, 0.1) is 17.8 Å². The summed E-state index contributed by atoms with van der Waals surface area (Å²) in [5, 5.41) is 5.31. The minimum Gasteiger partial charge on any atom is -0.487 e. The average molecular weight is 445 g/mol. The Labute approximate surface area is 193 Å². The van der Waals surface area contributed by atoms with Crippen molar-refractivity contribution in [2.24, 2.45) is 0 Å². The minimum atomic E-state index is 0.433. The van der Waals surface area contributed by atoms with Crippen LogP contribution in [0, 0.1) is 0 Å². The van der Waals surface area contributed by atoms with E-state index in [1.165, 1.54) is 5.57 Å². The lowest BCUT2D eigenvalue weighted by atomic mass is 10.0. The summed E-state index contributed by atoms with van der Waals surface area (Å²) < 4.78 is 5.99. The molecule has 4 aromatic rings. The van der Waals surface area contributed by atoms with Gasteiger partial charge in [-0.3, -0.25) is 0 Å². The Bertz CT molecular complexity index is 1190. The Balaban J connectivity index is 1.46. The molecule has 0 spiro atoms. The van der Waals surface area contributed by atoms with E-state index in [1.807, 2.05) is 60.7 Å². The van der Waals surface area contributed by atoms with Crippen LogP contribution in [0.1, 0.15) is 16.8 Å². The number of aromatic nitrogens is 1. The van der Waals surface area contributed by atoms with Crippen molar-refractivity contribution in [3.05, 3.63) is 107 Å². The van der Waals surface area contributed by atoms with Gasteiger partial charge in [0, 0.05) is 23.5 Å². The molecule has 5 heteroatoms. The summed E-state index contributed by atoms with van der Waals surface area (Å²) in [6.45, 7) is 2.92. The van der Waals surface area contributed by atoms with Crippen LogP contribution in [-0.2, 0) is 6.61 Å². The summed E-state index contributed by atoms with van der Waals surface area (Å²) >= 11 is 6.03. The van der Waals surface area contributed by atoms with Gasteiger partial charge in [-0.25, -0.2) is 4.98 Å². The molecule has 0 bridgehead atoms. The maximum Gasteiger partial charge on any atom is 0.130 e. The standard InChI is InChI=1S/C27H26ClN3O/c28-24-10-5-20(6-11-24)17-23(18-30-16-15-29)21-8-13-26(14-9-21)32-19-25-12-7-22-3-1-2-4-27(22)31-25/h1-14,17,30H,15-16,18-19,29H2/p+1/b23-17-. The third-order valence-corrected chi connectivity index (χ3v) is 5.40. The van der Waals surface area contributed by atoms with Crippen LogP contribution < -0.4 is 15.8 Å². The van der Waals surface area contributed by atoms with E-state index in [0.717, 1.165) is 58.1 Å². The van der Waals surface area contributed by atoms with Crippen molar-refractivity contribution in [2.45, 2.75) is 6.61 Å². The van der Waals surface area contributed by atoms with Crippen molar-refractivity contribution in [3.63, 3.8) is 0 Å². The number of rotatable bonds is 9. The third kappa shape index (κ3) is 5.95. The zero-order chi connectivity index (χ0) is 22.2. The number of pyridine rings is 1. The second kappa shape index (κ2) is 10.9. The fourth-order valence-electron chi connectivity index (χ4n) is 3.46. The van der Waals surface area contributed by atoms with E-state index in [4.69, 9.17) is 16.3 Å². The number of benzene rings is 3. The number of nitrogens with zero attached hydrogens (tertiary/aromatic N) is 1. The fraction of sp³-hybridized carbons (Fsp3) is 0.148. The van der Waals surface area contributed by atoms with Crippen molar-refractivity contribution in [2.75, 3.05) is 19.6 Å². The molecule has 0 amide bonds. The van der Waals surface area contributed by atoms with E-state index in [2.05, 4.69) is 46.4 Å². The van der Waals surface area contributed by atoms with E-state index in [0.29, 0.717) is 6.61 Å². The van der Waals surface area contributed by atoms with Crippen LogP contribution in [-0.4, -0.2) is 24.6 Å². The molecular weight excluding hydrogens is 418 g/mol. The van der Waals surface area contributed by atoms with Gasteiger partial charge in [0.2, 0.25) is 0 Å². The Morgan fingerprint density at radius 2 is 1.72 bits per heavy atom. The largest absolute Gasteiger partial charge is 0.487 e. The first kappa shape index (κ1) is 22.0. The number of para-hydroxylation sites is 1. The number of hydrogen-bond donors (Lipinski definition) is 2. The van der Waals surface area contributed by atoms with Crippen molar-refractivity contribution in [1.29, 1.82) is 0 Å². The molecule has 162 valence electrons. The number of quaternary nitrogens is 1. The number of nitrogens with one attached hydrogen (secondary N) is 1. The Morgan fingerprint density at radius 3 is 2.50 bits per heavy atom. The van der Waals surface area contributed by atoms with E-state index < -0.39 is 0 Å². The molecule has 0 fully saturated rings. The summed E-state index contributed by atoms with van der Waals surface area (Å²) in [6, 6.07) is 28.3. The van der Waals surface area contributed by atoms with Crippen LogP contribution in [0.2, 0.25) is 5.02 Å². The van der Waals surface area contributed by atoms with Gasteiger partial charge in [0.1, 0.15) is 12.4 Å². The smallest absolute Gasteiger partial charge is 0.130 e. The van der Waals surface area contributed by atoms with Crippen LogP contribution in [0.3, 0.4) is 0 Å². The normalized spacial score (nSPS) is 11.6. The van der Waals surface area contributed by atoms with Crippen LogP contribution >= 0.6 is 11.6 Å². The molecule has 0 radical (unpaired) electrons. The first-order chi connectivity index (χ1) is 15.7. The first-order valence-electron chi connectivity index (χ1n) is 10.8. The molecule has 4 N–H and O–H groups in total. The van der Waals surface area contributed by atoms with Crippen LogP contribution in [0.15, 0.2) is 84.9 Å². The molecule has 0 aliphatic rings.